The van der Waals surface area contributed by atoms with Crippen molar-refractivity contribution in [2.45, 2.75) is 32.2 Å². The van der Waals surface area contributed by atoms with Crippen LogP contribution in [-0.2, 0) is 17.6 Å². The second-order valence-electron chi connectivity index (χ2n) is 6.33. The molecule has 0 heterocycles. The molecule has 5 heteroatoms. The van der Waals surface area contributed by atoms with Crippen molar-refractivity contribution in [3.05, 3.63) is 65.5 Å². The summed E-state index contributed by atoms with van der Waals surface area (Å²) in [6.07, 6.45) is 1.71. The number of nitrogens with one attached hydrogen (secondary N) is 1. The van der Waals surface area contributed by atoms with Gasteiger partial charge >= 0.3 is 0 Å². The first-order valence-corrected chi connectivity index (χ1v) is 8.41. The van der Waals surface area contributed by atoms with Gasteiger partial charge in [0.05, 0.1) is 12.6 Å². The number of aromatic hydroxyl groups is 1. The highest BCUT2D eigenvalue weighted by molar-refractivity contribution is 5.78. The number of rotatable bonds is 8. The molecule has 134 valence electrons. The summed E-state index contributed by atoms with van der Waals surface area (Å²) in [7, 11) is 0. The molecule has 0 aliphatic carbocycles. The van der Waals surface area contributed by atoms with E-state index in [1.165, 1.54) is 12.1 Å². The first kappa shape index (κ1) is 18.9. The number of aliphatic hydroxyl groups excluding tert-OH is 1. The van der Waals surface area contributed by atoms with E-state index in [4.69, 9.17) is 0 Å². The predicted octanol–water partition coefficient (Wildman–Crippen LogP) is 2.82. The summed E-state index contributed by atoms with van der Waals surface area (Å²) in [6.45, 7) is 1.66. The fraction of sp³-hybridized carbons (Fsp3) is 0.350. The molecule has 0 aliphatic heterocycles. The van der Waals surface area contributed by atoms with Gasteiger partial charge in [-0.3, -0.25) is 4.79 Å². The Morgan fingerprint density at radius 3 is 2.52 bits per heavy atom. The van der Waals surface area contributed by atoms with E-state index in [0.29, 0.717) is 19.3 Å². The highest BCUT2D eigenvalue weighted by atomic mass is 19.1. The average Bonchev–Trinajstić information content (AvgIpc) is 2.60. The number of phenolic OH excluding ortho intramolecular Hbond substituents is 1. The number of hydrogen-bond acceptors (Lipinski definition) is 3. The van der Waals surface area contributed by atoms with Gasteiger partial charge < -0.3 is 15.5 Å². The van der Waals surface area contributed by atoms with Crippen LogP contribution >= 0.6 is 0 Å². The second kappa shape index (κ2) is 9.18. The molecule has 2 aromatic carbocycles. The number of phenols is 1. The molecule has 2 aromatic rings. The monoisotopic (exact) mass is 345 g/mol. The number of aryl methyl sites for hydroxylation is 1. The Morgan fingerprint density at radius 1 is 1.16 bits per heavy atom. The second-order valence-corrected chi connectivity index (χ2v) is 6.33. The van der Waals surface area contributed by atoms with Crippen LogP contribution in [0, 0.1) is 11.7 Å². The molecule has 0 aromatic heterocycles. The van der Waals surface area contributed by atoms with Crippen molar-refractivity contribution in [2.24, 2.45) is 5.92 Å². The number of amides is 1. The predicted molar refractivity (Wildman–Crippen MR) is 94.7 cm³/mol. The number of aliphatic hydroxyl groups is 1. The molecule has 1 unspecified atom stereocenters. The quantitative estimate of drug-likeness (QED) is 0.689. The maximum absolute atomic E-state index is 13.2. The molecule has 0 spiro atoms. The SMILES string of the molecule is CC(CCc1cccc(F)c1)C(=O)N[C@H](CO)Cc1ccc(O)cc1. The lowest BCUT2D eigenvalue weighted by Gasteiger charge is -2.19. The summed E-state index contributed by atoms with van der Waals surface area (Å²) in [6, 6.07) is 12.7. The van der Waals surface area contributed by atoms with Crippen molar-refractivity contribution in [2.75, 3.05) is 6.61 Å². The Morgan fingerprint density at radius 2 is 1.88 bits per heavy atom. The van der Waals surface area contributed by atoms with Gasteiger partial charge in [-0.15, -0.1) is 0 Å². The molecule has 0 fully saturated rings. The van der Waals surface area contributed by atoms with Gasteiger partial charge in [0.1, 0.15) is 11.6 Å². The summed E-state index contributed by atoms with van der Waals surface area (Å²) < 4.78 is 13.2. The van der Waals surface area contributed by atoms with Crippen LogP contribution in [0.25, 0.3) is 0 Å². The van der Waals surface area contributed by atoms with E-state index < -0.39 is 0 Å². The van der Waals surface area contributed by atoms with E-state index in [2.05, 4.69) is 5.32 Å². The number of benzene rings is 2. The average molecular weight is 345 g/mol. The van der Waals surface area contributed by atoms with Crippen molar-refractivity contribution in [3.8, 4) is 5.75 Å². The molecule has 0 aliphatic rings. The molecule has 0 bridgehead atoms. The van der Waals surface area contributed by atoms with E-state index in [1.807, 2.05) is 13.0 Å². The fourth-order valence-corrected chi connectivity index (χ4v) is 2.63. The molecule has 0 saturated carbocycles. The smallest absolute Gasteiger partial charge is 0.223 e. The van der Waals surface area contributed by atoms with Gasteiger partial charge in [0, 0.05) is 5.92 Å². The molecule has 1 amide bonds. The zero-order valence-corrected chi connectivity index (χ0v) is 14.3. The fourth-order valence-electron chi connectivity index (χ4n) is 2.63. The third-order valence-electron chi connectivity index (χ3n) is 4.19. The number of carbonyl (C=O) groups is 1. The molecular weight excluding hydrogens is 321 g/mol. The topological polar surface area (TPSA) is 69.6 Å². The summed E-state index contributed by atoms with van der Waals surface area (Å²) in [4.78, 5) is 12.3. The van der Waals surface area contributed by atoms with Crippen LogP contribution in [0.15, 0.2) is 48.5 Å². The van der Waals surface area contributed by atoms with Crippen molar-refractivity contribution in [1.29, 1.82) is 0 Å². The highest BCUT2D eigenvalue weighted by Gasteiger charge is 2.17. The van der Waals surface area contributed by atoms with Crippen molar-refractivity contribution in [3.63, 3.8) is 0 Å². The standard InChI is InChI=1S/C20H24FNO3/c1-14(5-6-15-3-2-4-17(21)11-15)20(25)22-18(13-23)12-16-7-9-19(24)10-8-16/h2-4,7-11,14,18,23-24H,5-6,12-13H2,1H3,(H,22,25)/t14?,18-/m0/s1. The lowest BCUT2D eigenvalue weighted by Crippen LogP contribution is -2.41. The number of carbonyl (C=O) groups excluding carboxylic acids is 1. The molecule has 2 atom stereocenters. The molecule has 0 saturated heterocycles. The van der Waals surface area contributed by atoms with Crippen molar-refractivity contribution >= 4 is 5.91 Å². The maximum Gasteiger partial charge on any atom is 0.223 e. The van der Waals surface area contributed by atoms with E-state index in [9.17, 15) is 19.4 Å². The van der Waals surface area contributed by atoms with E-state index >= 15 is 0 Å². The van der Waals surface area contributed by atoms with Crippen LogP contribution in [-0.4, -0.2) is 28.8 Å². The third-order valence-corrected chi connectivity index (χ3v) is 4.19. The Labute approximate surface area is 147 Å². The minimum absolute atomic E-state index is 0.130. The Bertz CT molecular complexity index is 688. The molecule has 2 rings (SSSR count). The lowest BCUT2D eigenvalue weighted by atomic mass is 9.99. The highest BCUT2D eigenvalue weighted by Crippen LogP contribution is 2.13. The number of halogens is 1. The van der Waals surface area contributed by atoms with Gasteiger partial charge in [-0.1, -0.05) is 31.2 Å². The van der Waals surface area contributed by atoms with Crippen molar-refractivity contribution in [1.82, 2.24) is 5.32 Å². The molecule has 0 radical (unpaired) electrons. The van der Waals surface area contributed by atoms with E-state index in [-0.39, 0.29) is 36.0 Å². The largest absolute Gasteiger partial charge is 0.508 e. The normalized spacial score (nSPS) is 13.2. The van der Waals surface area contributed by atoms with Gasteiger partial charge in [-0.25, -0.2) is 4.39 Å². The van der Waals surface area contributed by atoms with E-state index in [1.54, 1.807) is 30.3 Å². The molecule has 4 nitrogen and oxygen atoms in total. The Hall–Kier alpha value is -2.40. The molecule has 3 N–H and O–H groups in total. The molecule has 25 heavy (non-hydrogen) atoms. The Balaban J connectivity index is 1.84. The minimum Gasteiger partial charge on any atom is -0.508 e. The summed E-state index contributed by atoms with van der Waals surface area (Å²) in [5, 5.41) is 21.7. The van der Waals surface area contributed by atoms with Crippen molar-refractivity contribution < 1.29 is 19.4 Å². The first-order valence-electron chi connectivity index (χ1n) is 8.41. The van der Waals surface area contributed by atoms with Gasteiger partial charge in [-0.05, 0) is 54.7 Å². The van der Waals surface area contributed by atoms with Crippen LogP contribution in [0.3, 0.4) is 0 Å². The van der Waals surface area contributed by atoms with Crippen LogP contribution < -0.4 is 5.32 Å². The van der Waals surface area contributed by atoms with Gasteiger partial charge in [-0.2, -0.15) is 0 Å². The van der Waals surface area contributed by atoms with E-state index in [0.717, 1.165) is 11.1 Å². The Kier molecular flexibility index (Phi) is 6.95. The van der Waals surface area contributed by atoms with Gasteiger partial charge in [0.15, 0.2) is 0 Å². The minimum atomic E-state index is -0.381. The zero-order chi connectivity index (χ0) is 18.2. The third kappa shape index (κ3) is 6.19. The van der Waals surface area contributed by atoms with Crippen LogP contribution in [0.4, 0.5) is 4.39 Å². The van der Waals surface area contributed by atoms with Crippen LogP contribution in [0.5, 0.6) is 5.75 Å². The zero-order valence-electron chi connectivity index (χ0n) is 14.3. The van der Waals surface area contributed by atoms with Gasteiger partial charge in [0.25, 0.3) is 0 Å². The summed E-state index contributed by atoms with van der Waals surface area (Å²) >= 11 is 0. The van der Waals surface area contributed by atoms with Crippen LogP contribution in [0.2, 0.25) is 0 Å². The first-order chi connectivity index (χ1) is 12.0. The lowest BCUT2D eigenvalue weighted by molar-refractivity contribution is -0.125. The maximum atomic E-state index is 13.2. The van der Waals surface area contributed by atoms with Gasteiger partial charge in [0.2, 0.25) is 5.91 Å². The number of hydrogen-bond donors (Lipinski definition) is 3. The summed E-state index contributed by atoms with van der Waals surface area (Å²) in [5.74, 6) is -0.463. The van der Waals surface area contributed by atoms with Crippen LogP contribution in [0.1, 0.15) is 24.5 Å². The summed E-state index contributed by atoms with van der Waals surface area (Å²) in [5.41, 5.74) is 1.78. The molecular formula is C20H24FNO3.